The van der Waals surface area contributed by atoms with Gasteiger partial charge in [-0.1, -0.05) is 12.1 Å². The van der Waals surface area contributed by atoms with Gasteiger partial charge in [-0.05, 0) is 31.9 Å². The molecule has 0 spiro atoms. The minimum absolute atomic E-state index is 0.0928. The summed E-state index contributed by atoms with van der Waals surface area (Å²) in [6, 6.07) is 7.79. The van der Waals surface area contributed by atoms with Crippen molar-refractivity contribution in [3.8, 4) is 11.5 Å². The molecule has 1 atom stereocenters. The van der Waals surface area contributed by atoms with Gasteiger partial charge >= 0.3 is 0 Å². The molecule has 0 amide bonds. The average Bonchev–Trinajstić information content (AvgIpc) is 3.15. The molecule has 1 aromatic heterocycles. The van der Waals surface area contributed by atoms with Crippen molar-refractivity contribution in [2.75, 3.05) is 27.3 Å². The van der Waals surface area contributed by atoms with E-state index in [0.717, 1.165) is 74.7 Å². The van der Waals surface area contributed by atoms with E-state index in [9.17, 15) is 4.79 Å². The van der Waals surface area contributed by atoms with Crippen LogP contribution in [0.4, 0.5) is 0 Å². The molecule has 2 aliphatic heterocycles. The second kappa shape index (κ2) is 7.72. The summed E-state index contributed by atoms with van der Waals surface area (Å²) in [5.74, 6) is 2.91. The fourth-order valence-corrected chi connectivity index (χ4v) is 4.52. The molecule has 144 valence electrons. The number of piperidine rings is 1. The standard InChI is InChI=1S/C21H27N3O3/c1-26-18-8-3-6-16(21(18)27-2)14-23-10-4-7-15(13-23)17-12-20(25)22-19-9-5-11-24(17)19/h3,6,8,12,15H,4-5,7,9-11,13-14H2,1-2H3/t15-/m0/s1. The number of para-hydroxylation sites is 1. The fourth-order valence-electron chi connectivity index (χ4n) is 4.52. The van der Waals surface area contributed by atoms with E-state index in [1.807, 2.05) is 12.1 Å². The second-order valence-electron chi connectivity index (χ2n) is 7.42. The van der Waals surface area contributed by atoms with Crippen molar-refractivity contribution in [3.63, 3.8) is 0 Å². The number of benzene rings is 1. The number of ether oxygens (including phenoxy) is 2. The molecule has 1 aromatic carbocycles. The SMILES string of the molecule is COc1cccc(CN2CCC[C@H](c3cc(=O)nc4n3CCC4)C2)c1OC. The van der Waals surface area contributed by atoms with Gasteiger partial charge in [0.25, 0.3) is 5.56 Å². The van der Waals surface area contributed by atoms with Crippen LogP contribution in [0.25, 0.3) is 0 Å². The van der Waals surface area contributed by atoms with E-state index in [1.54, 1.807) is 20.3 Å². The Kier molecular flexibility index (Phi) is 5.16. The van der Waals surface area contributed by atoms with Crippen LogP contribution in [0, 0.1) is 0 Å². The Morgan fingerprint density at radius 1 is 1.19 bits per heavy atom. The van der Waals surface area contributed by atoms with Gasteiger partial charge in [-0.2, -0.15) is 4.98 Å². The van der Waals surface area contributed by atoms with Gasteiger partial charge < -0.3 is 14.0 Å². The Morgan fingerprint density at radius 3 is 2.89 bits per heavy atom. The molecule has 0 bridgehead atoms. The average molecular weight is 369 g/mol. The van der Waals surface area contributed by atoms with Crippen LogP contribution < -0.4 is 15.0 Å². The van der Waals surface area contributed by atoms with Gasteiger partial charge in [0.2, 0.25) is 0 Å². The van der Waals surface area contributed by atoms with Crippen molar-refractivity contribution in [3.05, 3.63) is 51.7 Å². The van der Waals surface area contributed by atoms with E-state index >= 15 is 0 Å². The van der Waals surface area contributed by atoms with E-state index in [0.29, 0.717) is 5.92 Å². The molecule has 6 nitrogen and oxygen atoms in total. The fraction of sp³-hybridized carbons (Fsp3) is 0.524. The highest BCUT2D eigenvalue weighted by Gasteiger charge is 2.27. The first-order chi connectivity index (χ1) is 13.2. The van der Waals surface area contributed by atoms with Gasteiger partial charge in [-0.25, -0.2) is 0 Å². The number of nitrogens with zero attached hydrogens (tertiary/aromatic N) is 3. The third kappa shape index (κ3) is 3.58. The molecular formula is C21H27N3O3. The molecule has 2 aliphatic rings. The number of methoxy groups -OCH3 is 2. The van der Waals surface area contributed by atoms with E-state index in [4.69, 9.17) is 9.47 Å². The summed E-state index contributed by atoms with van der Waals surface area (Å²) in [5.41, 5.74) is 2.21. The lowest BCUT2D eigenvalue weighted by atomic mass is 9.93. The summed E-state index contributed by atoms with van der Waals surface area (Å²) >= 11 is 0. The van der Waals surface area contributed by atoms with Crippen molar-refractivity contribution in [2.24, 2.45) is 0 Å². The first-order valence-electron chi connectivity index (χ1n) is 9.72. The Hall–Kier alpha value is -2.34. The Labute approximate surface area is 159 Å². The summed E-state index contributed by atoms with van der Waals surface area (Å²) in [4.78, 5) is 18.7. The maximum absolute atomic E-state index is 12.1. The van der Waals surface area contributed by atoms with Crippen LogP contribution in [-0.4, -0.2) is 41.8 Å². The Morgan fingerprint density at radius 2 is 2.07 bits per heavy atom. The van der Waals surface area contributed by atoms with Gasteiger partial charge in [0.05, 0.1) is 14.2 Å². The highest BCUT2D eigenvalue weighted by atomic mass is 16.5. The lowest BCUT2D eigenvalue weighted by molar-refractivity contribution is 0.193. The summed E-state index contributed by atoms with van der Waals surface area (Å²) in [5, 5.41) is 0. The first kappa shape index (κ1) is 18.0. The molecule has 1 saturated heterocycles. The summed E-state index contributed by atoms with van der Waals surface area (Å²) in [6.07, 6.45) is 4.25. The third-order valence-electron chi connectivity index (χ3n) is 5.72. The Balaban J connectivity index is 1.56. The maximum atomic E-state index is 12.1. The second-order valence-corrected chi connectivity index (χ2v) is 7.42. The van der Waals surface area contributed by atoms with Crippen molar-refractivity contribution < 1.29 is 9.47 Å². The Bertz CT molecular complexity index is 877. The minimum Gasteiger partial charge on any atom is -0.493 e. The van der Waals surface area contributed by atoms with Crippen molar-refractivity contribution >= 4 is 0 Å². The molecule has 6 heteroatoms. The zero-order valence-electron chi connectivity index (χ0n) is 16.1. The molecular weight excluding hydrogens is 342 g/mol. The normalized spacial score (nSPS) is 19.7. The number of likely N-dealkylation sites (tertiary alicyclic amines) is 1. The predicted octanol–water partition coefficient (Wildman–Crippen LogP) is 2.59. The van der Waals surface area contributed by atoms with E-state index in [2.05, 4.69) is 20.5 Å². The van der Waals surface area contributed by atoms with Gasteiger partial charge in [0, 0.05) is 49.3 Å². The maximum Gasteiger partial charge on any atom is 0.273 e. The number of hydrogen-bond acceptors (Lipinski definition) is 5. The van der Waals surface area contributed by atoms with Gasteiger partial charge in [0.15, 0.2) is 11.5 Å². The predicted molar refractivity (Wildman–Crippen MR) is 104 cm³/mol. The quantitative estimate of drug-likeness (QED) is 0.811. The van der Waals surface area contributed by atoms with Crippen molar-refractivity contribution in [1.29, 1.82) is 0 Å². The van der Waals surface area contributed by atoms with Gasteiger partial charge in [-0.3, -0.25) is 9.69 Å². The van der Waals surface area contributed by atoms with E-state index in [-0.39, 0.29) is 5.56 Å². The molecule has 0 radical (unpaired) electrons. The lowest BCUT2D eigenvalue weighted by Crippen LogP contribution is -2.35. The highest BCUT2D eigenvalue weighted by Crippen LogP contribution is 2.34. The minimum atomic E-state index is -0.0928. The van der Waals surface area contributed by atoms with Gasteiger partial charge in [0.1, 0.15) is 5.82 Å². The van der Waals surface area contributed by atoms with Crippen molar-refractivity contribution in [1.82, 2.24) is 14.5 Å². The first-order valence-corrected chi connectivity index (χ1v) is 9.72. The largest absolute Gasteiger partial charge is 0.493 e. The monoisotopic (exact) mass is 369 g/mol. The number of hydrogen-bond donors (Lipinski definition) is 0. The highest BCUT2D eigenvalue weighted by molar-refractivity contribution is 5.46. The van der Waals surface area contributed by atoms with Crippen LogP contribution >= 0.6 is 0 Å². The van der Waals surface area contributed by atoms with Gasteiger partial charge in [-0.15, -0.1) is 0 Å². The van der Waals surface area contributed by atoms with Crippen molar-refractivity contribution in [2.45, 2.75) is 44.7 Å². The summed E-state index contributed by atoms with van der Waals surface area (Å²) in [6.45, 7) is 3.81. The molecule has 27 heavy (non-hydrogen) atoms. The summed E-state index contributed by atoms with van der Waals surface area (Å²) < 4.78 is 13.3. The molecule has 2 aromatic rings. The zero-order chi connectivity index (χ0) is 18.8. The summed E-state index contributed by atoms with van der Waals surface area (Å²) in [7, 11) is 3.35. The molecule has 3 heterocycles. The van der Waals surface area contributed by atoms with Crippen LogP contribution in [-0.2, 0) is 19.5 Å². The molecule has 4 rings (SSSR count). The number of rotatable bonds is 5. The van der Waals surface area contributed by atoms with Crippen LogP contribution in [0.15, 0.2) is 29.1 Å². The molecule has 0 unspecified atom stereocenters. The zero-order valence-corrected chi connectivity index (χ0v) is 16.1. The van der Waals surface area contributed by atoms with E-state index < -0.39 is 0 Å². The van der Waals surface area contributed by atoms with Crippen LogP contribution in [0.3, 0.4) is 0 Å². The molecule has 0 aliphatic carbocycles. The topological polar surface area (TPSA) is 56.6 Å². The van der Waals surface area contributed by atoms with Crippen LogP contribution in [0.2, 0.25) is 0 Å². The number of aryl methyl sites for hydroxylation is 1. The van der Waals surface area contributed by atoms with E-state index in [1.165, 1.54) is 5.69 Å². The molecule has 0 saturated carbocycles. The molecule has 0 N–H and O–H groups in total. The number of fused-ring (bicyclic) bond motifs is 1. The third-order valence-corrected chi connectivity index (χ3v) is 5.72. The van der Waals surface area contributed by atoms with Crippen LogP contribution in [0.1, 0.15) is 42.3 Å². The lowest BCUT2D eigenvalue weighted by Gasteiger charge is -2.34. The van der Waals surface area contributed by atoms with Crippen LogP contribution in [0.5, 0.6) is 11.5 Å². The smallest absolute Gasteiger partial charge is 0.273 e. The molecule has 1 fully saturated rings. The number of aromatic nitrogens is 2.